The maximum Gasteiger partial charge on any atom is 0.371 e. The minimum atomic E-state index is -5.38. The van der Waals surface area contributed by atoms with Gasteiger partial charge in [-0.25, -0.2) is 9.31 Å². The lowest BCUT2D eigenvalue weighted by molar-refractivity contribution is -0.168. The maximum atomic E-state index is 11.9. The number of fused-ring (bicyclic) bond motifs is 1. The monoisotopic (exact) mass is 550 g/mol. The van der Waals surface area contributed by atoms with Gasteiger partial charge in [0.1, 0.15) is 29.9 Å². The van der Waals surface area contributed by atoms with Crippen molar-refractivity contribution in [2.24, 2.45) is 0 Å². The Bertz CT molecular complexity index is 1150. The van der Waals surface area contributed by atoms with Crippen LogP contribution in [0.4, 0.5) is 5.82 Å². The summed E-state index contributed by atoms with van der Waals surface area (Å²) in [6.45, 7) is -1.72. The number of aromatic nitrogens is 3. The molecule has 4 rings (SSSR count). The number of carbonyl (C=O) groups is 1. The number of aliphatic carboxylic acids is 1. The molecule has 3 heterocycles. The van der Waals surface area contributed by atoms with E-state index in [1.165, 1.54) is 4.52 Å². The Hall–Kier alpha value is -1.87. The number of rotatable bonds is 10. The summed E-state index contributed by atoms with van der Waals surface area (Å²) in [5, 5.41) is 35.2. The lowest BCUT2D eigenvalue weighted by Crippen LogP contribution is -2.48. The topological polar surface area (TPSA) is 205 Å². The minimum absolute atomic E-state index is 0.0548. The van der Waals surface area contributed by atoms with Crippen molar-refractivity contribution in [2.75, 3.05) is 25.6 Å². The van der Waals surface area contributed by atoms with E-state index in [0.717, 1.165) is 32.8 Å². The van der Waals surface area contributed by atoms with Gasteiger partial charge in [0.2, 0.25) is 5.28 Å². The van der Waals surface area contributed by atoms with E-state index in [2.05, 4.69) is 20.1 Å². The van der Waals surface area contributed by atoms with Crippen LogP contribution in [0.5, 0.6) is 0 Å². The first kappa shape index (κ1) is 27.2. The zero-order chi connectivity index (χ0) is 26.3. The first-order valence-electron chi connectivity index (χ1n) is 11.2. The molecule has 1 unspecified atom stereocenters. The van der Waals surface area contributed by atoms with Crippen LogP contribution in [0.2, 0.25) is 5.28 Å². The Balaban J connectivity index is 1.57. The fourth-order valence-corrected chi connectivity index (χ4v) is 5.53. The predicted molar refractivity (Wildman–Crippen MR) is 124 cm³/mol. The number of carboxylic acid groups (broad SMARTS) is 1. The average molecular weight is 551 g/mol. The molecule has 5 atom stereocenters. The molecule has 2 aliphatic rings. The summed E-state index contributed by atoms with van der Waals surface area (Å²) in [6.07, 6.45) is -1.32. The van der Waals surface area contributed by atoms with E-state index >= 15 is 0 Å². The number of nitrogens with zero attached hydrogens (tertiary/aromatic N) is 3. The van der Waals surface area contributed by atoms with Crippen molar-refractivity contribution in [3.63, 3.8) is 0 Å². The fraction of sp³-hybridized carbons (Fsp3) is 0.650. The molecule has 0 amide bonds. The third-order valence-corrected chi connectivity index (χ3v) is 8.05. The molecule has 36 heavy (non-hydrogen) atoms. The molecular formula is C20H28ClN4O10P. The summed E-state index contributed by atoms with van der Waals surface area (Å²) in [4.78, 5) is 35.2. The van der Waals surface area contributed by atoms with Crippen molar-refractivity contribution in [3.05, 3.63) is 23.1 Å². The average Bonchev–Trinajstić information content (AvgIpc) is 3.52. The number of carboxylic acids is 1. The van der Waals surface area contributed by atoms with Gasteiger partial charge in [-0.3, -0.25) is 4.57 Å². The number of aliphatic hydroxyl groups excluding tert-OH is 2. The van der Waals surface area contributed by atoms with Gasteiger partial charge in [-0.15, -0.1) is 5.10 Å². The van der Waals surface area contributed by atoms with Crippen molar-refractivity contribution in [3.8, 4) is 0 Å². The summed E-state index contributed by atoms with van der Waals surface area (Å²) in [6, 6.07) is 3.56. The quantitative estimate of drug-likeness (QED) is 0.223. The van der Waals surface area contributed by atoms with Crippen molar-refractivity contribution < 1.29 is 48.7 Å². The Kier molecular flexibility index (Phi) is 7.91. The molecule has 0 bridgehead atoms. The van der Waals surface area contributed by atoms with Crippen molar-refractivity contribution in [1.29, 1.82) is 0 Å². The van der Waals surface area contributed by atoms with E-state index in [1.807, 2.05) is 0 Å². The van der Waals surface area contributed by atoms with Gasteiger partial charge in [0.15, 0.2) is 5.82 Å². The van der Waals surface area contributed by atoms with Gasteiger partial charge in [-0.05, 0) is 36.6 Å². The Labute approximate surface area is 210 Å². The normalized spacial score (nSPS) is 26.9. The van der Waals surface area contributed by atoms with Crippen molar-refractivity contribution >= 4 is 36.5 Å². The van der Waals surface area contributed by atoms with Crippen molar-refractivity contribution in [1.82, 2.24) is 14.6 Å². The number of methoxy groups -OCH3 is 1. The molecule has 14 nitrogen and oxygen atoms in total. The van der Waals surface area contributed by atoms with Gasteiger partial charge in [-0.1, -0.05) is 12.8 Å². The van der Waals surface area contributed by atoms with E-state index < -0.39 is 56.5 Å². The summed E-state index contributed by atoms with van der Waals surface area (Å²) >= 11 is 6.14. The number of aliphatic hydroxyl groups is 2. The number of hydrogen-bond acceptors (Lipinski definition) is 10. The molecule has 200 valence electrons. The zero-order valence-corrected chi connectivity index (χ0v) is 20.9. The first-order chi connectivity index (χ1) is 17.0. The first-order valence-corrected chi connectivity index (χ1v) is 13.2. The highest BCUT2D eigenvalue weighted by atomic mass is 35.5. The number of nitrogens with one attached hydrogen (secondary N) is 1. The number of hydrogen-bond donors (Lipinski definition) is 6. The Morgan fingerprint density at radius 3 is 2.61 bits per heavy atom. The second-order valence-corrected chi connectivity index (χ2v) is 11.0. The molecule has 0 aromatic carbocycles. The van der Waals surface area contributed by atoms with Gasteiger partial charge in [-0.2, -0.15) is 4.98 Å². The van der Waals surface area contributed by atoms with E-state index in [0.29, 0.717) is 17.0 Å². The molecule has 0 spiro atoms. The van der Waals surface area contributed by atoms with Crippen LogP contribution in [-0.2, 0) is 23.6 Å². The molecule has 2 fully saturated rings. The smallest absolute Gasteiger partial charge is 0.371 e. The fourth-order valence-electron chi connectivity index (χ4n) is 4.58. The van der Waals surface area contributed by atoms with Crippen LogP contribution in [0.15, 0.2) is 12.1 Å². The highest BCUT2D eigenvalue weighted by Crippen LogP contribution is 2.52. The lowest BCUT2D eigenvalue weighted by Gasteiger charge is -2.30. The number of ether oxygens (including phenoxy) is 3. The molecule has 0 radical (unpaired) electrons. The SMILES string of the molecule is COCC(OC[C@H]1O[C@@H](c2ccc3c(NC4CCCC4)nc(Cl)nn23)[C@H](O)[C@@H]1O)(C(=O)O)P(=O)(O)O. The lowest BCUT2D eigenvalue weighted by atomic mass is 10.1. The maximum absolute atomic E-state index is 11.9. The zero-order valence-electron chi connectivity index (χ0n) is 19.2. The Morgan fingerprint density at radius 1 is 1.31 bits per heavy atom. The second-order valence-electron chi connectivity index (χ2n) is 8.86. The molecule has 16 heteroatoms. The van der Waals surface area contributed by atoms with E-state index in [9.17, 15) is 34.5 Å². The van der Waals surface area contributed by atoms with Gasteiger partial charge in [0.05, 0.1) is 18.9 Å². The second kappa shape index (κ2) is 10.5. The van der Waals surface area contributed by atoms with Crippen LogP contribution in [-0.4, -0.2) is 95.7 Å². The molecular weight excluding hydrogens is 523 g/mol. The van der Waals surface area contributed by atoms with Crippen LogP contribution < -0.4 is 5.32 Å². The summed E-state index contributed by atoms with van der Waals surface area (Å²) < 4.78 is 28.9. The van der Waals surface area contributed by atoms with Crippen LogP contribution in [0, 0.1) is 0 Å². The third kappa shape index (κ3) is 4.97. The van der Waals surface area contributed by atoms with Gasteiger partial charge >= 0.3 is 13.6 Å². The van der Waals surface area contributed by atoms with Gasteiger partial charge in [0, 0.05) is 13.2 Å². The minimum Gasteiger partial charge on any atom is -0.479 e. The number of anilines is 1. The van der Waals surface area contributed by atoms with E-state index in [-0.39, 0.29) is 11.3 Å². The van der Waals surface area contributed by atoms with Crippen LogP contribution in [0.1, 0.15) is 37.5 Å². The highest BCUT2D eigenvalue weighted by molar-refractivity contribution is 7.54. The van der Waals surface area contributed by atoms with Crippen LogP contribution in [0.25, 0.3) is 5.52 Å². The van der Waals surface area contributed by atoms with Gasteiger partial charge in [0.25, 0.3) is 5.34 Å². The molecule has 6 N–H and O–H groups in total. The highest BCUT2D eigenvalue weighted by Gasteiger charge is 2.57. The largest absolute Gasteiger partial charge is 0.479 e. The molecule has 1 aliphatic carbocycles. The van der Waals surface area contributed by atoms with Crippen molar-refractivity contribution in [2.45, 2.75) is 61.5 Å². The summed E-state index contributed by atoms with van der Waals surface area (Å²) in [5.41, 5.74) is 0.895. The summed E-state index contributed by atoms with van der Waals surface area (Å²) in [7, 11) is -4.33. The third-order valence-electron chi connectivity index (χ3n) is 6.49. The van der Waals surface area contributed by atoms with Crippen LogP contribution >= 0.6 is 19.2 Å². The van der Waals surface area contributed by atoms with Crippen LogP contribution in [0.3, 0.4) is 0 Å². The molecule has 2 aromatic rings. The van der Waals surface area contributed by atoms with Gasteiger partial charge < -0.3 is 44.6 Å². The summed E-state index contributed by atoms with van der Waals surface area (Å²) in [5.74, 6) is -1.44. The Morgan fingerprint density at radius 2 is 2.00 bits per heavy atom. The molecule has 1 saturated carbocycles. The standard InChI is InChI=1S/C20H28ClN4O10P/c1-33-9-20(18(28)29,36(30,31)32)34-8-13-14(26)15(27)16(35-13)11-6-7-12-17(22-10-4-2-3-5-10)23-19(21)24-25(11)12/h6-7,10,13-16,26-27H,2-5,8-9H2,1H3,(H,28,29)(H,22,23,24)(H2,30,31,32)/t13-,14-,15-,16+,20?/m1/s1. The van der Waals surface area contributed by atoms with E-state index in [4.69, 9.17) is 21.1 Å². The number of halogens is 1. The molecule has 2 aromatic heterocycles. The predicted octanol–water partition coefficient (Wildman–Crippen LogP) is 0.520. The van der Waals surface area contributed by atoms with E-state index in [1.54, 1.807) is 12.1 Å². The molecule has 1 saturated heterocycles. The molecule has 1 aliphatic heterocycles.